The molecule has 0 radical (unpaired) electrons. The summed E-state index contributed by atoms with van der Waals surface area (Å²) in [5.41, 5.74) is 7.13. The van der Waals surface area contributed by atoms with Crippen molar-refractivity contribution in [3.63, 3.8) is 0 Å². The van der Waals surface area contributed by atoms with Crippen molar-refractivity contribution < 1.29 is 18.3 Å². The minimum atomic E-state index is -0.592. The van der Waals surface area contributed by atoms with Gasteiger partial charge in [0.05, 0.1) is 20.8 Å². The van der Waals surface area contributed by atoms with Crippen molar-refractivity contribution in [3.05, 3.63) is 59.2 Å². The Labute approximate surface area is 168 Å². The van der Waals surface area contributed by atoms with Crippen LogP contribution in [0.15, 0.2) is 41.4 Å². The zero-order valence-corrected chi connectivity index (χ0v) is 16.9. The predicted octanol–water partition coefficient (Wildman–Crippen LogP) is 3.25. The van der Waals surface area contributed by atoms with E-state index in [9.17, 15) is 8.78 Å². The molecule has 8 heteroatoms. The summed E-state index contributed by atoms with van der Waals surface area (Å²) in [7, 11) is 3.14. The van der Waals surface area contributed by atoms with Crippen LogP contribution in [-0.2, 0) is 13.0 Å². The number of halogens is 3. The van der Waals surface area contributed by atoms with Gasteiger partial charge in [0, 0.05) is 12.6 Å². The number of methoxy groups -OCH3 is 2. The normalized spacial score (nSPS) is 10.8. The van der Waals surface area contributed by atoms with Crippen LogP contribution in [0.1, 0.15) is 11.1 Å². The van der Waals surface area contributed by atoms with E-state index in [4.69, 9.17) is 15.2 Å². The summed E-state index contributed by atoms with van der Waals surface area (Å²) in [4.78, 5) is 4.23. The lowest BCUT2D eigenvalue weighted by Gasteiger charge is -2.09. The number of nitrogens with two attached hydrogens (primary N) is 1. The summed E-state index contributed by atoms with van der Waals surface area (Å²) in [5.74, 6) is 0.348. The van der Waals surface area contributed by atoms with E-state index in [-0.39, 0.29) is 29.9 Å². The van der Waals surface area contributed by atoms with Crippen molar-refractivity contribution in [3.8, 4) is 11.5 Å². The number of nitrogens with one attached hydrogen (secondary N) is 1. The molecule has 3 N–H and O–H groups in total. The smallest absolute Gasteiger partial charge is 0.188 e. The van der Waals surface area contributed by atoms with Crippen LogP contribution >= 0.6 is 24.0 Å². The van der Waals surface area contributed by atoms with Gasteiger partial charge in [0.15, 0.2) is 17.5 Å². The highest BCUT2D eigenvalue weighted by Crippen LogP contribution is 2.27. The number of benzene rings is 2. The first-order valence-corrected chi connectivity index (χ1v) is 7.72. The van der Waals surface area contributed by atoms with E-state index >= 15 is 0 Å². The van der Waals surface area contributed by atoms with Crippen LogP contribution in [0.3, 0.4) is 0 Å². The lowest BCUT2D eigenvalue weighted by atomic mass is 10.1. The highest BCUT2D eigenvalue weighted by molar-refractivity contribution is 14.0. The summed E-state index contributed by atoms with van der Waals surface area (Å²) in [6, 6.07) is 9.00. The minimum absolute atomic E-state index is 0. The van der Waals surface area contributed by atoms with Gasteiger partial charge < -0.3 is 20.5 Å². The fraction of sp³-hybridized carbons (Fsp3) is 0.278. The van der Waals surface area contributed by atoms with E-state index in [1.807, 2.05) is 12.1 Å². The summed E-state index contributed by atoms with van der Waals surface area (Å²) < 4.78 is 36.8. The molecule has 2 rings (SSSR count). The SMILES string of the molecule is COc1ccc(CN=C(N)NCCc2ccc(F)cc2F)cc1OC.I. The highest BCUT2D eigenvalue weighted by atomic mass is 127. The van der Waals surface area contributed by atoms with E-state index in [0.29, 0.717) is 36.6 Å². The van der Waals surface area contributed by atoms with Crippen molar-refractivity contribution in [1.29, 1.82) is 0 Å². The quantitative estimate of drug-likeness (QED) is 0.365. The molecule has 0 heterocycles. The van der Waals surface area contributed by atoms with Crippen molar-refractivity contribution in [2.45, 2.75) is 13.0 Å². The Morgan fingerprint density at radius 1 is 1.08 bits per heavy atom. The molecule has 0 unspecified atom stereocenters. The highest BCUT2D eigenvalue weighted by Gasteiger charge is 2.05. The largest absolute Gasteiger partial charge is 0.493 e. The molecule has 142 valence electrons. The van der Waals surface area contributed by atoms with Crippen molar-refractivity contribution >= 4 is 29.9 Å². The molecule has 0 aliphatic heterocycles. The van der Waals surface area contributed by atoms with Crippen LogP contribution in [0, 0.1) is 11.6 Å². The van der Waals surface area contributed by atoms with Crippen molar-refractivity contribution in [2.75, 3.05) is 20.8 Å². The van der Waals surface area contributed by atoms with Crippen molar-refractivity contribution in [1.82, 2.24) is 5.32 Å². The molecule has 2 aromatic rings. The van der Waals surface area contributed by atoms with Crippen LogP contribution in [0.2, 0.25) is 0 Å². The fourth-order valence-electron chi connectivity index (χ4n) is 2.26. The maximum Gasteiger partial charge on any atom is 0.188 e. The molecule has 0 bridgehead atoms. The second-order valence-corrected chi connectivity index (χ2v) is 5.30. The molecule has 0 aliphatic rings. The summed E-state index contributed by atoms with van der Waals surface area (Å²) in [6.07, 6.45) is 0.374. The molecular weight excluding hydrogens is 455 g/mol. The molecule has 0 fully saturated rings. The second-order valence-electron chi connectivity index (χ2n) is 5.30. The van der Waals surface area contributed by atoms with Gasteiger partial charge in [-0.1, -0.05) is 12.1 Å². The Balaban J connectivity index is 0.00000338. The van der Waals surface area contributed by atoms with E-state index in [1.54, 1.807) is 20.3 Å². The van der Waals surface area contributed by atoms with Gasteiger partial charge in [-0.05, 0) is 35.7 Å². The summed E-state index contributed by atoms with van der Waals surface area (Å²) in [5, 5.41) is 2.91. The van der Waals surface area contributed by atoms with Crippen LogP contribution in [0.25, 0.3) is 0 Å². The molecular formula is C18H22F2IN3O2. The van der Waals surface area contributed by atoms with E-state index in [2.05, 4.69) is 10.3 Å². The zero-order chi connectivity index (χ0) is 18.2. The van der Waals surface area contributed by atoms with E-state index < -0.39 is 11.6 Å². The maximum absolute atomic E-state index is 13.5. The zero-order valence-electron chi connectivity index (χ0n) is 14.6. The van der Waals surface area contributed by atoms with Gasteiger partial charge in [0.2, 0.25) is 0 Å². The molecule has 2 aromatic carbocycles. The maximum atomic E-state index is 13.5. The topological polar surface area (TPSA) is 68.9 Å². The molecule has 0 saturated heterocycles. The van der Waals surface area contributed by atoms with Crippen LogP contribution in [-0.4, -0.2) is 26.7 Å². The van der Waals surface area contributed by atoms with Crippen LogP contribution in [0.4, 0.5) is 8.78 Å². The van der Waals surface area contributed by atoms with Gasteiger partial charge >= 0.3 is 0 Å². The molecule has 0 amide bonds. The van der Waals surface area contributed by atoms with E-state index in [1.165, 1.54) is 12.1 Å². The minimum Gasteiger partial charge on any atom is -0.493 e. The monoisotopic (exact) mass is 477 g/mol. The number of rotatable bonds is 7. The van der Waals surface area contributed by atoms with Gasteiger partial charge in [-0.2, -0.15) is 0 Å². The van der Waals surface area contributed by atoms with E-state index in [0.717, 1.165) is 11.6 Å². The lowest BCUT2D eigenvalue weighted by Crippen LogP contribution is -2.33. The number of ether oxygens (including phenoxy) is 2. The first-order chi connectivity index (χ1) is 12.0. The summed E-state index contributed by atoms with van der Waals surface area (Å²) in [6.45, 7) is 0.758. The van der Waals surface area contributed by atoms with Crippen LogP contribution < -0.4 is 20.5 Å². The molecule has 5 nitrogen and oxygen atoms in total. The average molecular weight is 477 g/mol. The second kappa shape index (κ2) is 10.8. The van der Waals surface area contributed by atoms with Gasteiger partial charge in [-0.3, -0.25) is 0 Å². The Bertz CT molecular complexity index is 757. The number of hydrogen-bond donors (Lipinski definition) is 2. The molecule has 0 saturated carbocycles. The van der Waals surface area contributed by atoms with Gasteiger partial charge in [0.1, 0.15) is 11.6 Å². The molecule has 0 spiro atoms. The molecule has 26 heavy (non-hydrogen) atoms. The van der Waals surface area contributed by atoms with Crippen molar-refractivity contribution in [2.24, 2.45) is 10.7 Å². The third-order valence-corrected chi connectivity index (χ3v) is 3.60. The first-order valence-electron chi connectivity index (χ1n) is 7.72. The van der Waals surface area contributed by atoms with Gasteiger partial charge in [-0.15, -0.1) is 24.0 Å². The number of hydrogen-bond acceptors (Lipinski definition) is 3. The predicted molar refractivity (Wildman–Crippen MR) is 108 cm³/mol. The molecule has 0 aromatic heterocycles. The Morgan fingerprint density at radius 3 is 2.46 bits per heavy atom. The third-order valence-electron chi connectivity index (χ3n) is 3.60. The first kappa shape index (κ1) is 21.9. The number of nitrogens with zero attached hydrogens (tertiary/aromatic N) is 1. The standard InChI is InChI=1S/C18H21F2N3O2.HI/c1-24-16-6-3-12(9-17(16)25-2)11-23-18(21)22-8-7-13-4-5-14(19)10-15(13)20;/h3-6,9-10H,7-8,11H2,1-2H3,(H3,21,22,23);1H. The lowest BCUT2D eigenvalue weighted by molar-refractivity contribution is 0.354. The number of aliphatic imine (C=N–C) groups is 1. The van der Waals surface area contributed by atoms with Crippen LogP contribution in [0.5, 0.6) is 11.5 Å². The Kier molecular flexibility index (Phi) is 9.11. The third kappa shape index (κ3) is 6.32. The number of guanidine groups is 1. The fourth-order valence-corrected chi connectivity index (χ4v) is 2.26. The summed E-state index contributed by atoms with van der Waals surface area (Å²) >= 11 is 0. The Hall–Kier alpha value is -2.10. The van der Waals surface area contributed by atoms with Gasteiger partial charge in [-0.25, -0.2) is 13.8 Å². The Morgan fingerprint density at radius 2 is 1.81 bits per heavy atom. The molecule has 0 atom stereocenters. The molecule has 0 aliphatic carbocycles. The average Bonchev–Trinajstić information content (AvgIpc) is 2.61. The van der Waals surface area contributed by atoms with Gasteiger partial charge in [0.25, 0.3) is 0 Å².